The third kappa shape index (κ3) is 5.63. The lowest BCUT2D eigenvalue weighted by Crippen LogP contribution is -2.41. The van der Waals surface area contributed by atoms with E-state index in [0.29, 0.717) is 11.5 Å². The van der Waals surface area contributed by atoms with E-state index in [1.807, 2.05) is 13.0 Å². The van der Waals surface area contributed by atoms with Crippen LogP contribution in [0.15, 0.2) is 71.6 Å². The zero-order valence-corrected chi connectivity index (χ0v) is 21.1. The first-order valence-corrected chi connectivity index (χ1v) is 12.3. The predicted octanol–water partition coefficient (Wildman–Crippen LogP) is 4.52. The zero-order valence-electron chi connectivity index (χ0n) is 19.5. The number of rotatable bonds is 9. The second-order valence-corrected chi connectivity index (χ2v) is 9.98. The van der Waals surface area contributed by atoms with Crippen molar-refractivity contribution in [3.63, 3.8) is 0 Å². The van der Waals surface area contributed by atoms with Gasteiger partial charge in [-0.15, -0.1) is 0 Å². The normalized spacial score (nSPS) is 11.1. The van der Waals surface area contributed by atoms with E-state index in [-0.39, 0.29) is 22.2 Å². The lowest BCUT2D eigenvalue weighted by Gasteiger charge is -2.27. The van der Waals surface area contributed by atoms with Crippen LogP contribution in [0.2, 0.25) is 5.02 Å². The molecule has 0 fully saturated rings. The summed E-state index contributed by atoms with van der Waals surface area (Å²) in [4.78, 5) is 14.7. The molecule has 0 radical (unpaired) electrons. The molecule has 0 atom stereocenters. The highest BCUT2D eigenvalue weighted by Crippen LogP contribution is 2.31. The number of hydrogen-bond acceptors (Lipinski definition) is 5. The zero-order chi connectivity index (χ0) is 24.9. The van der Waals surface area contributed by atoms with Crippen molar-refractivity contribution in [3.05, 3.63) is 82.9 Å². The number of benzene rings is 3. The molecule has 180 valence electrons. The number of methoxy groups -OCH3 is 2. The number of aryl methyl sites for hydroxylation is 1. The predicted molar refractivity (Wildman–Crippen MR) is 133 cm³/mol. The van der Waals surface area contributed by atoms with Crippen LogP contribution < -0.4 is 13.8 Å². The van der Waals surface area contributed by atoms with E-state index in [1.54, 1.807) is 62.7 Å². The van der Waals surface area contributed by atoms with Gasteiger partial charge in [0, 0.05) is 13.6 Å². The SMILES string of the molecule is COc1ccc(CN(C)C(=O)CN(c2ccccc2Cl)S(=O)(=O)c2ccc(C)cc2)cc1OC. The Morgan fingerprint density at radius 3 is 2.21 bits per heavy atom. The maximum Gasteiger partial charge on any atom is 0.264 e. The summed E-state index contributed by atoms with van der Waals surface area (Å²) in [6.45, 7) is 1.71. The van der Waals surface area contributed by atoms with Crippen molar-refractivity contribution in [3.8, 4) is 11.5 Å². The lowest BCUT2D eigenvalue weighted by atomic mass is 10.2. The number of nitrogens with zero attached hydrogens (tertiary/aromatic N) is 2. The third-order valence-corrected chi connectivity index (χ3v) is 7.40. The van der Waals surface area contributed by atoms with Crippen LogP contribution in [0.25, 0.3) is 0 Å². The number of amides is 1. The lowest BCUT2D eigenvalue weighted by molar-refractivity contribution is -0.128. The average Bonchev–Trinajstić information content (AvgIpc) is 2.83. The largest absolute Gasteiger partial charge is 0.493 e. The fourth-order valence-electron chi connectivity index (χ4n) is 3.38. The van der Waals surface area contributed by atoms with E-state index in [4.69, 9.17) is 21.1 Å². The monoisotopic (exact) mass is 502 g/mol. The fourth-order valence-corrected chi connectivity index (χ4v) is 5.10. The molecule has 0 aliphatic heterocycles. The quantitative estimate of drug-likeness (QED) is 0.430. The van der Waals surface area contributed by atoms with Gasteiger partial charge in [0.25, 0.3) is 10.0 Å². The van der Waals surface area contributed by atoms with Crippen LogP contribution in [-0.4, -0.2) is 47.0 Å². The first-order valence-electron chi connectivity index (χ1n) is 10.5. The molecule has 0 unspecified atom stereocenters. The molecular formula is C25H27ClN2O5S. The van der Waals surface area contributed by atoms with Crippen LogP contribution in [0.5, 0.6) is 11.5 Å². The van der Waals surface area contributed by atoms with E-state index in [9.17, 15) is 13.2 Å². The average molecular weight is 503 g/mol. The molecular weight excluding hydrogens is 476 g/mol. The van der Waals surface area contributed by atoms with Crippen molar-refractivity contribution < 1.29 is 22.7 Å². The number of carbonyl (C=O) groups is 1. The van der Waals surface area contributed by atoms with Gasteiger partial charge in [0.15, 0.2) is 11.5 Å². The van der Waals surface area contributed by atoms with Crippen molar-refractivity contribution >= 4 is 33.2 Å². The first kappa shape index (κ1) is 25.4. The number of ether oxygens (including phenoxy) is 2. The molecule has 0 aromatic heterocycles. The molecule has 3 aromatic rings. The van der Waals surface area contributed by atoms with Crippen molar-refractivity contribution in [2.24, 2.45) is 0 Å². The van der Waals surface area contributed by atoms with Gasteiger partial charge in [0.1, 0.15) is 6.54 Å². The maximum atomic E-state index is 13.5. The summed E-state index contributed by atoms with van der Waals surface area (Å²) in [5, 5.41) is 0.230. The second-order valence-electron chi connectivity index (χ2n) is 7.72. The highest BCUT2D eigenvalue weighted by atomic mass is 35.5. The summed E-state index contributed by atoms with van der Waals surface area (Å²) in [5.41, 5.74) is 1.96. The summed E-state index contributed by atoms with van der Waals surface area (Å²) >= 11 is 6.34. The van der Waals surface area contributed by atoms with Gasteiger partial charge in [-0.3, -0.25) is 9.10 Å². The van der Waals surface area contributed by atoms with Crippen molar-refractivity contribution in [1.82, 2.24) is 4.90 Å². The molecule has 0 saturated carbocycles. The van der Waals surface area contributed by atoms with Gasteiger partial charge in [-0.05, 0) is 48.9 Å². The van der Waals surface area contributed by atoms with Gasteiger partial charge < -0.3 is 14.4 Å². The maximum absolute atomic E-state index is 13.5. The van der Waals surface area contributed by atoms with E-state index in [0.717, 1.165) is 15.4 Å². The summed E-state index contributed by atoms with van der Waals surface area (Å²) in [6, 6.07) is 18.4. The number of hydrogen-bond donors (Lipinski definition) is 0. The molecule has 0 aliphatic carbocycles. The molecule has 0 spiro atoms. The number of carbonyl (C=O) groups excluding carboxylic acids is 1. The Kier molecular flexibility index (Phi) is 8.06. The van der Waals surface area contributed by atoms with Crippen LogP contribution in [0.3, 0.4) is 0 Å². The minimum absolute atomic E-state index is 0.0772. The summed E-state index contributed by atoms with van der Waals surface area (Å²) in [6.07, 6.45) is 0. The number of halogens is 1. The van der Waals surface area contributed by atoms with Crippen molar-refractivity contribution in [2.75, 3.05) is 32.1 Å². The van der Waals surface area contributed by atoms with Gasteiger partial charge in [-0.1, -0.05) is 47.5 Å². The van der Waals surface area contributed by atoms with E-state index < -0.39 is 22.5 Å². The molecule has 0 heterocycles. The molecule has 34 heavy (non-hydrogen) atoms. The van der Waals surface area contributed by atoms with Crippen LogP contribution in [0, 0.1) is 6.92 Å². The molecule has 3 aromatic carbocycles. The number of likely N-dealkylation sites (N-methyl/N-ethyl adjacent to an activating group) is 1. The van der Waals surface area contributed by atoms with Gasteiger partial charge in [-0.25, -0.2) is 8.42 Å². The van der Waals surface area contributed by atoms with Gasteiger partial charge in [-0.2, -0.15) is 0 Å². The molecule has 0 saturated heterocycles. The summed E-state index contributed by atoms with van der Waals surface area (Å²) < 4.78 is 38.7. The van der Waals surface area contributed by atoms with Gasteiger partial charge in [0.05, 0.1) is 29.8 Å². The second kappa shape index (κ2) is 10.8. The first-order chi connectivity index (χ1) is 16.2. The fraction of sp³-hybridized carbons (Fsp3) is 0.240. The smallest absolute Gasteiger partial charge is 0.264 e. The third-order valence-electron chi connectivity index (χ3n) is 5.30. The molecule has 0 N–H and O–H groups in total. The number of anilines is 1. The Hall–Kier alpha value is -3.23. The van der Waals surface area contributed by atoms with Crippen LogP contribution in [0.1, 0.15) is 11.1 Å². The van der Waals surface area contributed by atoms with Crippen molar-refractivity contribution in [2.45, 2.75) is 18.4 Å². The Labute approximate surface area is 205 Å². The highest BCUT2D eigenvalue weighted by Gasteiger charge is 2.29. The topological polar surface area (TPSA) is 76.2 Å². The molecule has 9 heteroatoms. The van der Waals surface area contributed by atoms with Crippen LogP contribution in [0.4, 0.5) is 5.69 Å². The van der Waals surface area contributed by atoms with E-state index in [2.05, 4.69) is 0 Å². The van der Waals surface area contributed by atoms with Crippen LogP contribution >= 0.6 is 11.6 Å². The molecule has 0 bridgehead atoms. The number of para-hydroxylation sites is 1. The highest BCUT2D eigenvalue weighted by molar-refractivity contribution is 7.92. The van der Waals surface area contributed by atoms with Gasteiger partial charge >= 0.3 is 0 Å². The summed E-state index contributed by atoms with van der Waals surface area (Å²) in [5.74, 6) is 0.722. The van der Waals surface area contributed by atoms with E-state index >= 15 is 0 Å². The Morgan fingerprint density at radius 2 is 1.59 bits per heavy atom. The Balaban J connectivity index is 1.90. The minimum Gasteiger partial charge on any atom is -0.493 e. The Morgan fingerprint density at radius 1 is 0.941 bits per heavy atom. The Bertz CT molecular complexity index is 1260. The van der Waals surface area contributed by atoms with Crippen molar-refractivity contribution in [1.29, 1.82) is 0 Å². The number of sulfonamides is 1. The molecule has 7 nitrogen and oxygen atoms in total. The van der Waals surface area contributed by atoms with Gasteiger partial charge in [0.2, 0.25) is 5.91 Å². The standard InChI is InChI=1S/C25H27ClN2O5S/c1-18-9-12-20(13-10-18)34(30,31)28(22-8-6-5-7-21(22)26)17-25(29)27(2)16-19-11-14-23(32-3)24(15-19)33-4/h5-15H,16-17H2,1-4H3. The van der Waals surface area contributed by atoms with E-state index in [1.165, 1.54) is 24.1 Å². The summed E-state index contributed by atoms with van der Waals surface area (Å²) in [7, 11) is 0.646. The van der Waals surface area contributed by atoms with Crippen LogP contribution in [-0.2, 0) is 21.4 Å². The molecule has 0 aliphatic rings. The molecule has 1 amide bonds. The molecule has 3 rings (SSSR count). The minimum atomic E-state index is -4.05.